The lowest BCUT2D eigenvalue weighted by atomic mass is 10.2. The molecule has 1 rings (SSSR count). The lowest BCUT2D eigenvalue weighted by Crippen LogP contribution is -2.36. The summed E-state index contributed by atoms with van der Waals surface area (Å²) in [5.74, 6) is 0. The Bertz CT molecular complexity index is 469. The van der Waals surface area contributed by atoms with Crippen LogP contribution in [0, 0.1) is 6.92 Å². The van der Waals surface area contributed by atoms with Crippen molar-refractivity contribution >= 4 is 10.0 Å². The molecular weight excluding hydrogens is 254 g/mol. The second-order valence-corrected chi connectivity index (χ2v) is 6.25. The van der Waals surface area contributed by atoms with Crippen LogP contribution in [0.1, 0.15) is 5.56 Å². The number of likely N-dealkylation sites (N-methyl/N-ethyl adjacent to an activating group) is 1. The maximum absolute atomic E-state index is 12.2. The van der Waals surface area contributed by atoms with Crippen molar-refractivity contribution in [3.8, 4) is 0 Å². The third-order valence-electron chi connectivity index (χ3n) is 2.56. The highest BCUT2D eigenvalue weighted by Crippen LogP contribution is 2.15. The molecule has 5 nitrogen and oxygen atoms in total. The van der Waals surface area contributed by atoms with E-state index >= 15 is 0 Å². The normalized spacial score (nSPS) is 13.8. The molecule has 0 aromatic heterocycles. The number of hydrogen-bond donors (Lipinski definition) is 1. The zero-order chi connectivity index (χ0) is 13.8. The molecule has 0 aliphatic carbocycles. The summed E-state index contributed by atoms with van der Waals surface area (Å²) < 4.78 is 30.2. The van der Waals surface area contributed by atoms with Crippen molar-refractivity contribution < 1.29 is 18.3 Å². The Kier molecular flexibility index (Phi) is 5.28. The standard InChI is InChI=1S/C12H19NO4S/c1-10-4-6-12(7-5-10)18(15,16)13(2)8-11(14)9-17-3/h4-7,11,14H,8-9H2,1-3H3. The van der Waals surface area contributed by atoms with E-state index in [1.54, 1.807) is 24.3 Å². The zero-order valence-corrected chi connectivity index (χ0v) is 11.6. The average molecular weight is 273 g/mol. The first kappa shape index (κ1) is 15.1. The summed E-state index contributed by atoms with van der Waals surface area (Å²) >= 11 is 0. The monoisotopic (exact) mass is 273 g/mol. The van der Waals surface area contributed by atoms with Crippen LogP contribution >= 0.6 is 0 Å². The van der Waals surface area contributed by atoms with E-state index in [1.807, 2.05) is 6.92 Å². The predicted molar refractivity (Wildman–Crippen MR) is 68.9 cm³/mol. The van der Waals surface area contributed by atoms with Gasteiger partial charge >= 0.3 is 0 Å². The first-order chi connectivity index (χ1) is 8.37. The number of benzene rings is 1. The fourth-order valence-electron chi connectivity index (χ4n) is 1.53. The van der Waals surface area contributed by atoms with E-state index in [-0.39, 0.29) is 18.0 Å². The van der Waals surface area contributed by atoms with Crippen LogP contribution in [0.3, 0.4) is 0 Å². The molecule has 0 radical (unpaired) electrons. The maximum atomic E-state index is 12.2. The van der Waals surface area contributed by atoms with Gasteiger partial charge in [-0.3, -0.25) is 0 Å². The summed E-state index contributed by atoms with van der Waals surface area (Å²) in [4.78, 5) is 0.222. The first-order valence-corrected chi connectivity index (χ1v) is 7.02. The molecule has 0 amide bonds. The smallest absolute Gasteiger partial charge is 0.242 e. The third-order valence-corrected chi connectivity index (χ3v) is 4.39. The van der Waals surface area contributed by atoms with E-state index in [9.17, 15) is 13.5 Å². The lowest BCUT2D eigenvalue weighted by Gasteiger charge is -2.20. The molecular formula is C12H19NO4S. The molecule has 1 N–H and O–H groups in total. The molecule has 102 valence electrons. The quantitative estimate of drug-likeness (QED) is 0.825. The number of hydrogen-bond acceptors (Lipinski definition) is 4. The number of aliphatic hydroxyl groups excluding tert-OH is 1. The van der Waals surface area contributed by atoms with Gasteiger partial charge in [-0.25, -0.2) is 8.42 Å². The molecule has 1 atom stereocenters. The van der Waals surface area contributed by atoms with Gasteiger partial charge in [-0.1, -0.05) is 17.7 Å². The van der Waals surface area contributed by atoms with Gasteiger partial charge in [0, 0.05) is 20.7 Å². The summed E-state index contributed by atoms with van der Waals surface area (Å²) in [7, 11) is -0.657. The summed E-state index contributed by atoms with van der Waals surface area (Å²) in [5.41, 5.74) is 0.996. The minimum Gasteiger partial charge on any atom is -0.389 e. The highest BCUT2D eigenvalue weighted by atomic mass is 32.2. The van der Waals surface area contributed by atoms with Crippen LogP contribution in [0.15, 0.2) is 29.2 Å². The second-order valence-electron chi connectivity index (χ2n) is 4.21. The largest absolute Gasteiger partial charge is 0.389 e. The maximum Gasteiger partial charge on any atom is 0.242 e. The fourth-order valence-corrected chi connectivity index (χ4v) is 2.74. The summed E-state index contributed by atoms with van der Waals surface area (Å²) in [6.07, 6.45) is -0.833. The Morgan fingerprint density at radius 3 is 2.39 bits per heavy atom. The Balaban J connectivity index is 2.83. The van der Waals surface area contributed by atoms with Crippen molar-refractivity contribution in [2.24, 2.45) is 0 Å². The second kappa shape index (κ2) is 6.29. The van der Waals surface area contributed by atoms with Crippen molar-refractivity contribution in [1.29, 1.82) is 0 Å². The molecule has 0 aliphatic rings. The molecule has 6 heteroatoms. The molecule has 0 saturated heterocycles. The molecule has 0 heterocycles. The zero-order valence-electron chi connectivity index (χ0n) is 10.8. The molecule has 0 saturated carbocycles. The molecule has 0 aliphatic heterocycles. The van der Waals surface area contributed by atoms with Gasteiger partial charge in [0.1, 0.15) is 0 Å². The van der Waals surface area contributed by atoms with Gasteiger partial charge < -0.3 is 9.84 Å². The Labute approximate surface area is 108 Å². The van der Waals surface area contributed by atoms with E-state index in [0.29, 0.717) is 0 Å². The van der Waals surface area contributed by atoms with Crippen LogP contribution in [-0.4, -0.2) is 51.2 Å². The van der Waals surface area contributed by atoms with E-state index in [2.05, 4.69) is 0 Å². The van der Waals surface area contributed by atoms with Crippen LogP contribution in [0.4, 0.5) is 0 Å². The van der Waals surface area contributed by atoms with E-state index in [1.165, 1.54) is 14.2 Å². The summed E-state index contributed by atoms with van der Waals surface area (Å²) in [6, 6.07) is 6.60. The Morgan fingerprint density at radius 1 is 1.33 bits per heavy atom. The average Bonchev–Trinajstić information content (AvgIpc) is 2.29. The van der Waals surface area contributed by atoms with Crippen molar-refractivity contribution in [2.75, 3.05) is 27.3 Å². The molecule has 1 aromatic rings. The molecule has 0 spiro atoms. The van der Waals surface area contributed by atoms with E-state index in [4.69, 9.17) is 4.74 Å². The van der Waals surface area contributed by atoms with Crippen LogP contribution in [0.25, 0.3) is 0 Å². The Hall–Kier alpha value is -0.950. The molecule has 1 unspecified atom stereocenters. The van der Waals surface area contributed by atoms with E-state index in [0.717, 1.165) is 9.87 Å². The highest BCUT2D eigenvalue weighted by Gasteiger charge is 2.22. The van der Waals surface area contributed by atoms with Crippen LogP contribution in [0.2, 0.25) is 0 Å². The van der Waals surface area contributed by atoms with Gasteiger partial charge in [-0.15, -0.1) is 0 Å². The third kappa shape index (κ3) is 3.78. The number of methoxy groups -OCH3 is 1. The SMILES string of the molecule is COCC(O)CN(C)S(=O)(=O)c1ccc(C)cc1. The molecule has 1 aromatic carbocycles. The predicted octanol–water partition coefficient (Wildman–Crippen LogP) is 0.623. The van der Waals surface area contributed by atoms with Gasteiger partial charge in [0.2, 0.25) is 10.0 Å². The number of ether oxygens (including phenoxy) is 1. The van der Waals surface area contributed by atoms with Crippen LogP contribution in [-0.2, 0) is 14.8 Å². The molecule has 0 bridgehead atoms. The number of sulfonamides is 1. The van der Waals surface area contributed by atoms with Gasteiger partial charge in [0.25, 0.3) is 0 Å². The highest BCUT2D eigenvalue weighted by molar-refractivity contribution is 7.89. The summed E-state index contributed by atoms with van der Waals surface area (Å²) in [5, 5.41) is 9.54. The lowest BCUT2D eigenvalue weighted by molar-refractivity contribution is 0.0554. The van der Waals surface area contributed by atoms with Gasteiger partial charge in [-0.2, -0.15) is 4.31 Å². The van der Waals surface area contributed by atoms with Gasteiger partial charge in [-0.05, 0) is 19.1 Å². The minimum absolute atomic E-state index is 0.00402. The van der Waals surface area contributed by atoms with Crippen LogP contribution in [0.5, 0.6) is 0 Å². The van der Waals surface area contributed by atoms with Crippen molar-refractivity contribution in [3.05, 3.63) is 29.8 Å². The van der Waals surface area contributed by atoms with Gasteiger partial charge in [0.15, 0.2) is 0 Å². The molecule has 0 fully saturated rings. The van der Waals surface area contributed by atoms with Crippen LogP contribution < -0.4 is 0 Å². The fraction of sp³-hybridized carbons (Fsp3) is 0.500. The van der Waals surface area contributed by atoms with Crippen molar-refractivity contribution in [1.82, 2.24) is 4.31 Å². The minimum atomic E-state index is -3.55. The van der Waals surface area contributed by atoms with Gasteiger partial charge in [0.05, 0.1) is 17.6 Å². The van der Waals surface area contributed by atoms with Crippen molar-refractivity contribution in [3.63, 3.8) is 0 Å². The Morgan fingerprint density at radius 2 is 1.89 bits per heavy atom. The number of nitrogens with zero attached hydrogens (tertiary/aromatic N) is 1. The van der Waals surface area contributed by atoms with Crippen molar-refractivity contribution in [2.45, 2.75) is 17.9 Å². The topological polar surface area (TPSA) is 66.8 Å². The number of aryl methyl sites for hydroxylation is 1. The number of rotatable bonds is 6. The molecule has 18 heavy (non-hydrogen) atoms. The van der Waals surface area contributed by atoms with E-state index < -0.39 is 16.1 Å². The summed E-state index contributed by atoms with van der Waals surface area (Å²) in [6.45, 7) is 2.00. The first-order valence-electron chi connectivity index (χ1n) is 5.58. The number of aliphatic hydroxyl groups is 1.